The molecule has 0 saturated carbocycles. The first-order valence-electron chi connectivity index (χ1n) is 10.1. The Morgan fingerprint density at radius 3 is 2.70 bits per heavy atom. The van der Waals surface area contributed by atoms with Crippen molar-refractivity contribution in [3.05, 3.63) is 29.5 Å². The third kappa shape index (κ3) is 4.99. The minimum Gasteiger partial charge on any atom is -0.490 e. The monoisotopic (exact) mass is 415 g/mol. The number of carboxylic acid groups (broad SMARTS) is 1. The zero-order valence-electron chi connectivity index (χ0n) is 17.7. The van der Waals surface area contributed by atoms with Crippen molar-refractivity contribution < 1.29 is 24.2 Å². The molecule has 162 valence electrons. The number of fused-ring (bicyclic) bond motifs is 1. The molecule has 3 rings (SSSR count). The molecule has 0 radical (unpaired) electrons. The van der Waals surface area contributed by atoms with Crippen LogP contribution >= 0.6 is 0 Å². The smallest absolute Gasteiger partial charge is 0.339 e. The average molecular weight is 415 g/mol. The molecule has 0 atom stereocenters. The molecule has 2 aromatic rings. The number of anilines is 1. The van der Waals surface area contributed by atoms with E-state index in [4.69, 9.17) is 15.2 Å². The van der Waals surface area contributed by atoms with Crippen molar-refractivity contribution in [3.63, 3.8) is 0 Å². The molecule has 1 fully saturated rings. The number of rotatable bonds is 7. The van der Waals surface area contributed by atoms with Gasteiger partial charge in [0.15, 0.2) is 0 Å². The van der Waals surface area contributed by atoms with Crippen LogP contribution in [0.4, 0.5) is 5.69 Å². The second kappa shape index (κ2) is 8.87. The second-order valence-electron chi connectivity index (χ2n) is 8.42. The molecule has 1 saturated heterocycles. The number of nitrogen functional groups attached to an aromatic ring is 1. The zero-order valence-corrected chi connectivity index (χ0v) is 17.7. The van der Waals surface area contributed by atoms with E-state index in [-0.39, 0.29) is 23.8 Å². The van der Waals surface area contributed by atoms with Crippen LogP contribution in [0.25, 0.3) is 10.9 Å². The number of carbonyl (C=O) groups excluding carboxylic acids is 1. The standard InChI is InChI=1S/C22H29N3O5/c1-13-18(21(27)28)20(23)19-15(24-13)5-4-6-16(19)30-12-22(2,3)25-17(26)11-14-7-9-29-10-8-14/h4-6,14H,7-12H2,1-3H3,(H2,23,24)(H,25,26)(H,27,28). The number of pyridine rings is 1. The van der Waals surface area contributed by atoms with Crippen molar-refractivity contribution in [1.29, 1.82) is 0 Å². The van der Waals surface area contributed by atoms with Crippen molar-refractivity contribution in [1.82, 2.24) is 10.3 Å². The Bertz CT molecular complexity index is 951. The molecule has 0 unspecified atom stereocenters. The molecule has 1 aromatic carbocycles. The van der Waals surface area contributed by atoms with Gasteiger partial charge in [0.2, 0.25) is 5.91 Å². The molecule has 0 aliphatic carbocycles. The highest BCUT2D eigenvalue weighted by molar-refractivity contribution is 6.06. The third-order valence-electron chi connectivity index (χ3n) is 5.29. The number of aryl methyl sites for hydroxylation is 1. The van der Waals surface area contributed by atoms with E-state index in [0.29, 0.717) is 47.9 Å². The zero-order chi connectivity index (χ0) is 21.9. The maximum Gasteiger partial charge on any atom is 0.339 e. The number of benzene rings is 1. The van der Waals surface area contributed by atoms with Crippen LogP contribution in [0.5, 0.6) is 5.75 Å². The van der Waals surface area contributed by atoms with Crippen molar-refractivity contribution >= 4 is 28.5 Å². The lowest BCUT2D eigenvalue weighted by Gasteiger charge is -2.28. The fraction of sp³-hybridized carbons (Fsp3) is 0.500. The summed E-state index contributed by atoms with van der Waals surface area (Å²) in [6.45, 7) is 6.99. The number of aromatic nitrogens is 1. The maximum atomic E-state index is 12.5. The molecule has 1 aliphatic rings. The van der Waals surface area contributed by atoms with Crippen molar-refractivity contribution in [2.45, 2.75) is 45.6 Å². The largest absolute Gasteiger partial charge is 0.490 e. The first-order valence-corrected chi connectivity index (χ1v) is 10.1. The highest BCUT2D eigenvalue weighted by atomic mass is 16.5. The first kappa shape index (κ1) is 21.8. The molecular formula is C22H29N3O5. The number of ether oxygens (including phenoxy) is 2. The summed E-state index contributed by atoms with van der Waals surface area (Å²) in [5, 5.41) is 13.0. The van der Waals surface area contributed by atoms with Gasteiger partial charge in [-0.1, -0.05) is 6.07 Å². The Morgan fingerprint density at radius 2 is 2.03 bits per heavy atom. The predicted molar refractivity (Wildman–Crippen MR) is 114 cm³/mol. The lowest BCUT2D eigenvalue weighted by atomic mass is 9.95. The second-order valence-corrected chi connectivity index (χ2v) is 8.42. The number of amides is 1. The third-order valence-corrected chi connectivity index (χ3v) is 5.29. The Hall–Kier alpha value is -2.87. The predicted octanol–water partition coefficient (Wildman–Crippen LogP) is 2.91. The van der Waals surface area contributed by atoms with E-state index in [0.717, 1.165) is 12.8 Å². The van der Waals surface area contributed by atoms with Crippen molar-refractivity contribution in [2.75, 3.05) is 25.6 Å². The van der Waals surface area contributed by atoms with Gasteiger partial charge in [0.1, 0.15) is 17.9 Å². The summed E-state index contributed by atoms with van der Waals surface area (Å²) in [6.07, 6.45) is 2.27. The van der Waals surface area contributed by atoms with Gasteiger partial charge in [-0.15, -0.1) is 0 Å². The lowest BCUT2D eigenvalue weighted by molar-refractivity contribution is -0.124. The SMILES string of the molecule is Cc1nc2cccc(OCC(C)(C)NC(=O)CC3CCOCC3)c2c(N)c1C(=O)O. The number of nitrogens with zero attached hydrogens (tertiary/aromatic N) is 1. The van der Waals surface area contributed by atoms with Crippen LogP contribution in [0.1, 0.15) is 49.2 Å². The van der Waals surface area contributed by atoms with Crippen LogP contribution in [0.2, 0.25) is 0 Å². The van der Waals surface area contributed by atoms with Crippen LogP contribution in [-0.2, 0) is 9.53 Å². The summed E-state index contributed by atoms with van der Waals surface area (Å²) in [4.78, 5) is 28.4. The van der Waals surface area contributed by atoms with Crippen LogP contribution in [-0.4, -0.2) is 47.3 Å². The van der Waals surface area contributed by atoms with E-state index < -0.39 is 11.5 Å². The highest BCUT2D eigenvalue weighted by Crippen LogP contribution is 2.33. The van der Waals surface area contributed by atoms with Crippen LogP contribution in [0.15, 0.2) is 18.2 Å². The van der Waals surface area contributed by atoms with E-state index in [1.54, 1.807) is 25.1 Å². The normalized spacial score (nSPS) is 15.2. The number of aromatic carboxylic acids is 1. The number of nitrogens with one attached hydrogen (secondary N) is 1. The van der Waals surface area contributed by atoms with Gasteiger partial charge in [-0.05, 0) is 51.7 Å². The Kier molecular flexibility index (Phi) is 6.45. The van der Waals surface area contributed by atoms with E-state index in [9.17, 15) is 14.7 Å². The summed E-state index contributed by atoms with van der Waals surface area (Å²) in [6, 6.07) is 5.26. The topological polar surface area (TPSA) is 124 Å². The van der Waals surface area contributed by atoms with Gasteiger partial charge in [-0.2, -0.15) is 0 Å². The van der Waals surface area contributed by atoms with E-state index in [1.165, 1.54) is 0 Å². The van der Waals surface area contributed by atoms with Crippen LogP contribution < -0.4 is 15.8 Å². The highest BCUT2D eigenvalue weighted by Gasteiger charge is 2.25. The Balaban J connectivity index is 1.73. The minimum absolute atomic E-state index is 0.0154. The molecule has 0 spiro atoms. The van der Waals surface area contributed by atoms with Gasteiger partial charge < -0.3 is 25.6 Å². The Labute approximate surface area is 175 Å². The lowest BCUT2D eigenvalue weighted by Crippen LogP contribution is -2.48. The molecule has 1 amide bonds. The number of carbonyl (C=O) groups is 2. The number of hydrogen-bond acceptors (Lipinski definition) is 6. The summed E-state index contributed by atoms with van der Waals surface area (Å²) < 4.78 is 11.3. The minimum atomic E-state index is -1.13. The fourth-order valence-corrected chi connectivity index (χ4v) is 3.77. The maximum absolute atomic E-state index is 12.5. The van der Waals surface area contributed by atoms with Gasteiger partial charge in [-0.3, -0.25) is 9.78 Å². The molecule has 30 heavy (non-hydrogen) atoms. The first-order chi connectivity index (χ1) is 14.2. The molecule has 8 nitrogen and oxygen atoms in total. The summed E-state index contributed by atoms with van der Waals surface area (Å²) in [7, 11) is 0. The molecule has 8 heteroatoms. The molecular weight excluding hydrogens is 386 g/mol. The van der Waals surface area contributed by atoms with E-state index in [2.05, 4.69) is 10.3 Å². The van der Waals surface area contributed by atoms with E-state index in [1.807, 2.05) is 13.8 Å². The fourth-order valence-electron chi connectivity index (χ4n) is 3.77. The van der Waals surface area contributed by atoms with Gasteiger partial charge in [-0.25, -0.2) is 4.79 Å². The van der Waals surface area contributed by atoms with Crippen LogP contribution in [0.3, 0.4) is 0 Å². The average Bonchev–Trinajstić information content (AvgIpc) is 2.66. The van der Waals surface area contributed by atoms with Gasteiger partial charge in [0.25, 0.3) is 0 Å². The summed E-state index contributed by atoms with van der Waals surface area (Å²) in [5.41, 5.74) is 6.56. The van der Waals surface area contributed by atoms with Gasteiger partial charge in [0.05, 0.1) is 27.8 Å². The van der Waals surface area contributed by atoms with Gasteiger partial charge in [0, 0.05) is 19.6 Å². The van der Waals surface area contributed by atoms with Crippen molar-refractivity contribution in [3.8, 4) is 5.75 Å². The quantitative estimate of drug-likeness (QED) is 0.635. The van der Waals surface area contributed by atoms with Crippen molar-refractivity contribution in [2.24, 2.45) is 5.92 Å². The van der Waals surface area contributed by atoms with Gasteiger partial charge >= 0.3 is 5.97 Å². The molecule has 1 aliphatic heterocycles. The molecule has 1 aromatic heterocycles. The van der Waals surface area contributed by atoms with Crippen LogP contribution in [0, 0.1) is 12.8 Å². The molecule has 4 N–H and O–H groups in total. The number of carboxylic acids is 1. The number of nitrogens with two attached hydrogens (primary N) is 1. The molecule has 2 heterocycles. The Morgan fingerprint density at radius 1 is 1.33 bits per heavy atom. The molecule has 0 bridgehead atoms. The number of hydrogen-bond donors (Lipinski definition) is 3. The van der Waals surface area contributed by atoms with E-state index >= 15 is 0 Å². The summed E-state index contributed by atoms with van der Waals surface area (Å²) >= 11 is 0. The summed E-state index contributed by atoms with van der Waals surface area (Å²) in [5.74, 6) is -0.364.